The Balaban J connectivity index is 0. The Hall–Kier alpha value is 1.36. The molecular formula is Br2CuO3. The van der Waals surface area contributed by atoms with E-state index in [0.29, 0.717) is 0 Å². The van der Waals surface area contributed by atoms with Crippen molar-refractivity contribution in [3.8, 4) is 0 Å². The molecule has 1 radical (unpaired) electrons. The number of hydrogen-bond acceptors (Lipinski definition) is 3. The Kier molecular flexibility index (Phi) is 16.6. The van der Waals surface area contributed by atoms with Crippen LogP contribution in [-0.4, -0.2) is 0 Å². The van der Waals surface area contributed by atoms with Gasteiger partial charge >= 0.3 is 0 Å². The third kappa shape index (κ3) is 9.03. The minimum Gasteiger partial charge on any atom is -0.124 e. The minimum absolute atomic E-state index is 0. The molecule has 0 fully saturated rings. The Morgan fingerprint density at radius 2 is 1.33 bits per heavy atom. The SMILES string of the molecule is BrOOOBr.[Cu]. The second kappa shape index (κ2) is 9.61. The molecule has 0 spiro atoms. The quantitative estimate of drug-likeness (QED) is 0.432. The van der Waals surface area contributed by atoms with Crippen molar-refractivity contribution in [1.29, 1.82) is 0 Å². The van der Waals surface area contributed by atoms with Crippen molar-refractivity contribution in [1.82, 2.24) is 0 Å². The minimum atomic E-state index is 0. The first-order valence-corrected chi connectivity index (χ1v) is 1.94. The zero-order valence-corrected chi connectivity index (χ0v) is 6.40. The summed E-state index contributed by atoms with van der Waals surface area (Å²) in [5, 5.41) is 3.67. The molecule has 6 heavy (non-hydrogen) atoms. The Bertz CT molecular complexity index is 16.3. The summed E-state index contributed by atoms with van der Waals surface area (Å²) < 4.78 is 7.47. The van der Waals surface area contributed by atoms with E-state index >= 15 is 0 Å². The standard InChI is InChI=1S/Br2O3.Cu/c1-3-5-4-2;. The van der Waals surface area contributed by atoms with Gasteiger partial charge in [-0.2, -0.15) is 0 Å². The predicted molar refractivity (Wildman–Crippen MR) is 21.1 cm³/mol. The first-order chi connectivity index (χ1) is 2.41. The van der Waals surface area contributed by atoms with Crippen LogP contribution < -0.4 is 0 Å². The summed E-state index contributed by atoms with van der Waals surface area (Å²) >= 11 is 4.86. The molecule has 0 N–H and O–H groups in total. The van der Waals surface area contributed by atoms with E-state index in [1.54, 1.807) is 0 Å². The van der Waals surface area contributed by atoms with Gasteiger partial charge in [0.15, 0.2) is 0 Å². The smallest absolute Gasteiger partial charge is 0.124 e. The monoisotopic (exact) mass is 269 g/mol. The summed E-state index contributed by atoms with van der Waals surface area (Å²) in [4.78, 5) is 0. The molecule has 0 rings (SSSR count). The fraction of sp³-hybridized carbons (Fsp3) is 0. The predicted octanol–water partition coefficient (Wildman–Crippen LogP) is 1.48. The van der Waals surface area contributed by atoms with Gasteiger partial charge in [-0.05, 0) is 5.04 Å². The molecule has 0 aromatic heterocycles. The van der Waals surface area contributed by atoms with Gasteiger partial charge < -0.3 is 0 Å². The molecule has 0 aromatic rings. The Morgan fingerprint density at radius 3 is 1.33 bits per heavy atom. The van der Waals surface area contributed by atoms with Gasteiger partial charge in [-0.1, -0.05) is 0 Å². The van der Waals surface area contributed by atoms with E-state index in [-0.39, 0.29) is 17.1 Å². The van der Waals surface area contributed by atoms with Gasteiger partial charge in [-0.3, -0.25) is 0 Å². The zero-order chi connectivity index (χ0) is 4.12. The molecule has 0 heterocycles. The molecule has 0 saturated heterocycles. The van der Waals surface area contributed by atoms with Gasteiger partial charge in [-0.15, -0.1) is 7.96 Å². The summed E-state index contributed by atoms with van der Waals surface area (Å²) in [6, 6.07) is 0. The molecule has 43 valence electrons. The van der Waals surface area contributed by atoms with E-state index in [9.17, 15) is 0 Å². The fourth-order valence-corrected chi connectivity index (χ4v) is 0.262. The van der Waals surface area contributed by atoms with E-state index in [1.807, 2.05) is 0 Å². The molecule has 0 unspecified atom stereocenters. The molecule has 0 aromatic carbocycles. The second-order valence-electron chi connectivity index (χ2n) is 0.194. The van der Waals surface area contributed by atoms with Crippen molar-refractivity contribution >= 4 is 32.5 Å². The van der Waals surface area contributed by atoms with Gasteiger partial charge in [0.25, 0.3) is 0 Å². The largest absolute Gasteiger partial charge is 0.146 e. The summed E-state index contributed by atoms with van der Waals surface area (Å²) in [7, 11) is 0. The van der Waals surface area contributed by atoms with Crippen LogP contribution >= 0.6 is 32.5 Å². The van der Waals surface area contributed by atoms with Gasteiger partial charge in [-0.25, -0.2) is 0 Å². The van der Waals surface area contributed by atoms with Crippen molar-refractivity contribution in [2.24, 2.45) is 0 Å². The molecule has 0 aliphatic carbocycles. The van der Waals surface area contributed by atoms with Crippen molar-refractivity contribution < 1.29 is 30.1 Å². The Labute approximate surface area is 62.6 Å². The van der Waals surface area contributed by atoms with Crippen LogP contribution in [-0.2, 0) is 30.1 Å². The van der Waals surface area contributed by atoms with Crippen molar-refractivity contribution in [2.75, 3.05) is 0 Å². The average Bonchev–Trinajstić information content (AvgIpc) is 1.41. The van der Waals surface area contributed by atoms with Gasteiger partial charge in [0, 0.05) is 17.1 Å². The van der Waals surface area contributed by atoms with Crippen LogP contribution in [0.1, 0.15) is 0 Å². The zero-order valence-electron chi connectivity index (χ0n) is 2.28. The molecule has 0 amide bonds. The van der Waals surface area contributed by atoms with E-state index in [0.717, 1.165) is 0 Å². The molecular weight excluding hydrogens is 271 g/mol. The molecule has 3 nitrogen and oxygen atoms in total. The second-order valence-corrected chi connectivity index (χ2v) is 0.723. The van der Waals surface area contributed by atoms with Crippen LogP contribution in [0.4, 0.5) is 0 Å². The molecule has 0 saturated carbocycles. The van der Waals surface area contributed by atoms with E-state index in [1.165, 1.54) is 0 Å². The summed E-state index contributed by atoms with van der Waals surface area (Å²) in [6.45, 7) is 0. The van der Waals surface area contributed by atoms with Gasteiger partial charge in [0.05, 0.1) is 0 Å². The number of hydrogen-bond donors (Lipinski definition) is 0. The first kappa shape index (κ1) is 10.4. The van der Waals surface area contributed by atoms with E-state index in [4.69, 9.17) is 0 Å². The van der Waals surface area contributed by atoms with Crippen LogP contribution in [0.2, 0.25) is 0 Å². The normalized spacial score (nSPS) is 7.00. The maximum absolute atomic E-state index is 3.73. The molecule has 6 heteroatoms. The van der Waals surface area contributed by atoms with Crippen LogP contribution in [0.25, 0.3) is 0 Å². The fourth-order valence-electron chi connectivity index (χ4n) is 0.00972. The molecule has 0 bridgehead atoms. The maximum atomic E-state index is 3.73. The molecule has 0 aliphatic heterocycles. The summed E-state index contributed by atoms with van der Waals surface area (Å²) in [5.74, 6) is 0. The van der Waals surface area contributed by atoms with Crippen LogP contribution in [0, 0.1) is 0 Å². The van der Waals surface area contributed by atoms with Crippen LogP contribution in [0.5, 0.6) is 0 Å². The van der Waals surface area contributed by atoms with Gasteiger partial charge in [0.2, 0.25) is 0 Å². The topological polar surface area (TPSA) is 27.7 Å². The van der Waals surface area contributed by atoms with E-state index in [2.05, 4.69) is 45.5 Å². The van der Waals surface area contributed by atoms with Crippen LogP contribution in [0.3, 0.4) is 0 Å². The third-order valence-electron chi connectivity index (χ3n) is 0.0514. The summed E-state index contributed by atoms with van der Waals surface area (Å²) in [5.41, 5.74) is 0. The third-order valence-corrected chi connectivity index (χ3v) is 0.267. The maximum Gasteiger partial charge on any atom is 0.146 e. The molecule has 0 aliphatic rings. The number of rotatable bonds is 2. The first-order valence-electron chi connectivity index (χ1n) is 0.642. The van der Waals surface area contributed by atoms with Crippen LogP contribution in [0.15, 0.2) is 0 Å². The van der Waals surface area contributed by atoms with E-state index < -0.39 is 0 Å². The Morgan fingerprint density at radius 1 is 1.00 bits per heavy atom. The van der Waals surface area contributed by atoms with Gasteiger partial charge in [0.1, 0.15) is 32.5 Å². The van der Waals surface area contributed by atoms with Crippen molar-refractivity contribution in [3.63, 3.8) is 0 Å². The average molecular weight is 271 g/mol. The van der Waals surface area contributed by atoms with Crippen molar-refractivity contribution in [2.45, 2.75) is 0 Å². The molecule has 0 atom stereocenters. The van der Waals surface area contributed by atoms with Crippen molar-refractivity contribution in [3.05, 3.63) is 0 Å². The summed E-state index contributed by atoms with van der Waals surface area (Å²) in [6.07, 6.45) is 0. The number of halogens is 2.